The van der Waals surface area contributed by atoms with Gasteiger partial charge < -0.3 is 19.6 Å². The lowest BCUT2D eigenvalue weighted by atomic mass is 10.0. The number of hydrogen-bond donors (Lipinski definition) is 1. The molecule has 0 aromatic heterocycles. The van der Waals surface area contributed by atoms with Crippen molar-refractivity contribution < 1.29 is 14.2 Å². The number of likely N-dealkylation sites (tertiary alicyclic amines) is 1. The number of benzene rings is 2. The molecule has 28 heavy (non-hydrogen) atoms. The maximum Gasteiger partial charge on any atom is 0.194 e. The summed E-state index contributed by atoms with van der Waals surface area (Å²) in [5.41, 5.74) is 3.68. The summed E-state index contributed by atoms with van der Waals surface area (Å²) in [5.74, 6) is 0.623. The number of aliphatic hydroxyl groups is 1. The highest BCUT2D eigenvalue weighted by molar-refractivity contribution is 5.67. The molecule has 0 radical (unpaired) electrons. The van der Waals surface area contributed by atoms with E-state index >= 15 is 0 Å². The Labute approximate surface area is 166 Å². The van der Waals surface area contributed by atoms with Crippen molar-refractivity contribution in [1.82, 2.24) is 4.90 Å². The summed E-state index contributed by atoms with van der Waals surface area (Å²) in [6.45, 7) is 5.85. The Morgan fingerprint density at radius 1 is 1.11 bits per heavy atom. The van der Waals surface area contributed by atoms with Crippen LogP contribution in [0.4, 0.5) is 10.1 Å². The van der Waals surface area contributed by atoms with E-state index in [4.69, 9.17) is 4.74 Å². The number of nitrogens with zero attached hydrogens (tertiary/aromatic N) is 2. The van der Waals surface area contributed by atoms with E-state index in [0.717, 1.165) is 57.6 Å². The summed E-state index contributed by atoms with van der Waals surface area (Å²) in [4.78, 5) is 5.00. The number of ether oxygens (including phenoxy) is 1. The van der Waals surface area contributed by atoms with Crippen LogP contribution < -0.4 is 9.64 Å². The first-order valence-electron chi connectivity index (χ1n) is 10.3. The van der Waals surface area contributed by atoms with E-state index in [-0.39, 0.29) is 5.82 Å². The molecule has 2 aliphatic rings. The molecule has 4 rings (SSSR count). The average Bonchev–Trinajstić information content (AvgIpc) is 3.13. The molecule has 2 aromatic rings. The zero-order valence-corrected chi connectivity index (χ0v) is 16.5. The quantitative estimate of drug-likeness (QED) is 0.772. The first kappa shape index (κ1) is 19.2. The van der Waals surface area contributed by atoms with Crippen molar-refractivity contribution in [2.45, 2.75) is 44.9 Å². The molecule has 1 N–H and O–H groups in total. The second kappa shape index (κ2) is 8.50. The van der Waals surface area contributed by atoms with Gasteiger partial charge in [-0.1, -0.05) is 24.3 Å². The van der Waals surface area contributed by atoms with Crippen LogP contribution in [0.15, 0.2) is 42.5 Å². The van der Waals surface area contributed by atoms with Gasteiger partial charge in [0.25, 0.3) is 0 Å². The van der Waals surface area contributed by atoms with Gasteiger partial charge in [0.1, 0.15) is 11.6 Å². The number of halogens is 1. The molecule has 0 saturated carbocycles. The third-order valence-corrected chi connectivity index (χ3v) is 5.92. The van der Waals surface area contributed by atoms with Gasteiger partial charge in [0.2, 0.25) is 0 Å². The Balaban J connectivity index is 1.34. The molecule has 150 valence electrons. The van der Waals surface area contributed by atoms with Crippen molar-refractivity contribution in [2.75, 3.05) is 31.1 Å². The van der Waals surface area contributed by atoms with E-state index in [0.29, 0.717) is 6.04 Å². The highest BCUT2D eigenvalue weighted by Gasteiger charge is 2.31. The predicted molar refractivity (Wildman–Crippen MR) is 109 cm³/mol. The van der Waals surface area contributed by atoms with Crippen LogP contribution in [-0.4, -0.2) is 48.5 Å². The number of aliphatic hydroxyl groups excluding tert-OH is 1. The van der Waals surface area contributed by atoms with Crippen molar-refractivity contribution in [1.29, 1.82) is 0 Å². The first-order valence-corrected chi connectivity index (χ1v) is 10.3. The van der Waals surface area contributed by atoms with Crippen LogP contribution in [0.1, 0.15) is 30.9 Å². The van der Waals surface area contributed by atoms with Crippen molar-refractivity contribution in [3.8, 4) is 5.75 Å². The maximum absolute atomic E-state index is 13.0. The number of fused-ring (bicyclic) bond motifs is 1. The van der Waals surface area contributed by atoms with Crippen molar-refractivity contribution in [3.63, 3.8) is 0 Å². The minimum atomic E-state index is -0.803. The van der Waals surface area contributed by atoms with Crippen LogP contribution in [0.5, 0.6) is 5.75 Å². The molecule has 5 heteroatoms. The van der Waals surface area contributed by atoms with Gasteiger partial charge in [-0.3, -0.25) is 0 Å². The van der Waals surface area contributed by atoms with Crippen LogP contribution in [0.2, 0.25) is 0 Å². The summed E-state index contributed by atoms with van der Waals surface area (Å²) in [6, 6.07) is 13.5. The highest BCUT2D eigenvalue weighted by atomic mass is 19.1. The van der Waals surface area contributed by atoms with Crippen molar-refractivity contribution in [2.24, 2.45) is 0 Å². The van der Waals surface area contributed by atoms with Crippen molar-refractivity contribution >= 4 is 5.69 Å². The normalized spacial score (nSPS) is 18.9. The van der Waals surface area contributed by atoms with Gasteiger partial charge in [0.15, 0.2) is 6.29 Å². The van der Waals surface area contributed by atoms with E-state index in [1.165, 1.54) is 16.8 Å². The lowest BCUT2D eigenvalue weighted by Gasteiger charge is -2.38. The summed E-state index contributed by atoms with van der Waals surface area (Å²) >= 11 is 0. The molecule has 2 aliphatic heterocycles. The number of para-hydroxylation sites is 1. The Hall–Kier alpha value is -2.11. The molecule has 0 amide bonds. The monoisotopic (exact) mass is 384 g/mol. The van der Waals surface area contributed by atoms with Gasteiger partial charge in [-0.25, -0.2) is 4.39 Å². The highest BCUT2D eigenvalue weighted by Crippen LogP contribution is 2.40. The van der Waals surface area contributed by atoms with Crippen LogP contribution >= 0.6 is 0 Å². The predicted octanol–water partition coefficient (Wildman–Crippen LogP) is 3.61. The minimum Gasteiger partial charge on any atom is -0.463 e. The number of piperidine rings is 1. The van der Waals surface area contributed by atoms with Crippen LogP contribution in [-0.2, 0) is 12.8 Å². The zero-order valence-electron chi connectivity index (χ0n) is 16.5. The zero-order chi connectivity index (χ0) is 19.5. The lowest BCUT2D eigenvalue weighted by Crippen LogP contribution is -2.45. The average molecular weight is 384 g/mol. The minimum absolute atomic E-state index is 0.172. The molecule has 2 heterocycles. The van der Waals surface area contributed by atoms with Gasteiger partial charge in [-0.15, -0.1) is 0 Å². The van der Waals surface area contributed by atoms with E-state index < -0.39 is 6.29 Å². The Morgan fingerprint density at radius 2 is 1.86 bits per heavy atom. The largest absolute Gasteiger partial charge is 0.463 e. The Bertz CT molecular complexity index is 786. The van der Waals surface area contributed by atoms with Crippen molar-refractivity contribution in [3.05, 3.63) is 59.4 Å². The van der Waals surface area contributed by atoms with Gasteiger partial charge in [0.05, 0.1) is 5.69 Å². The summed E-state index contributed by atoms with van der Waals surface area (Å²) in [7, 11) is 0. The lowest BCUT2D eigenvalue weighted by molar-refractivity contribution is 0.00000365. The summed E-state index contributed by atoms with van der Waals surface area (Å²) in [6.07, 6.45) is 3.46. The molecule has 0 spiro atoms. The summed E-state index contributed by atoms with van der Waals surface area (Å²) < 4.78 is 18.7. The molecule has 4 nitrogen and oxygen atoms in total. The smallest absolute Gasteiger partial charge is 0.194 e. The van der Waals surface area contributed by atoms with Crippen LogP contribution in [0, 0.1) is 5.82 Å². The molecule has 1 saturated heterocycles. The number of anilines is 1. The van der Waals surface area contributed by atoms with E-state index in [1.807, 2.05) is 24.3 Å². The second-order valence-electron chi connectivity index (χ2n) is 7.87. The molecule has 1 unspecified atom stereocenters. The Kier molecular flexibility index (Phi) is 5.83. The first-order chi connectivity index (χ1) is 13.6. The fourth-order valence-corrected chi connectivity index (χ4v) is 4.49. The van der Waals surface area contributed by atoms with E-state index in [1.54, 1.807) is 19.1 Å². The molecule has 1 fully saturated rings. The Morgan fingerprint density at radius 3 is 2.57 bits per heavy atom. The molecule has 2 aromatic carbocycles. The molecule has 0 bridgehead atoms. The van der Waals surface area contributed by atoms with E-state index in [9.17, 15) is 9.50 Å². The second-order valence-corrected chi connectivity index (χ2v) is 7.87. The topological polar surface area (TPSA) is 35.9 Å². The number of rotatable bonds is 6. The maximum atomic E-state index is 13.0. The number of hydrogen-bond acceptors (Lipinski definition) is 4. The van der Waals surface area contributed by atoms with Gasteiger partial charge in [-0.2, -0.15) is 0 Å². The summed E-state index contributed by atoms with van der Waals surface area (Å²) in [5, 5.41) is 9.67. The molecule has 1 atom stereocenters. The third-order valence-electron chi connectivity index (χ3n) is 5.92. The van der Waals surface area contributed by atoms with E-state index in [2.05, 4.69) is 15.9 Å². The third kappa shape index (κ3) is 4.31. The fraction of sp³-hybridized carbons (Fsp3) is 0.478. The molecular formula is C23H29FN2O2. The molecular weight excluding hydrogens is 355 g/mol. The van der Waals surface area contributed by atoms with Gasteiger partial charge in [0, 0.05) is 32.2 Å². The van der Waals surface area contributed by atoms with Gasteiger partial charge in [-0.05, 0) is 61.9 Å². The van der Waals surface area contributed by atoms with Crippen LogP contribution in [0.25, 0.3) is 0 Å². The molecule has 0 aliphatic carbocycles. The SMILES string of the molecule is CC(O)Oc1cccc2c1N(C1CCN(CCc3ccc(F)cc3)CC1)CC2. The van der Waals surface area contributed by atoms with Crippen LogP contribution in [0.3, 0.4) is 0 Å². The fourth-order valence-electron chi connectivity index (χ4n) is 4.49. The van der Waals surface area contributed by atoms with Gasteiger partial charge >= 0.3 is 0 Å². The standard InChI is InChI=1S/C23H29FN2O2/c1-17(27)28-22-4-2-3-19-10-16-26(23(19)22)21-11-14-25(15-12-21)13-9-18-5-7-20(24)8-6-18/h2-8,17,21,27H,9-16H2,1H3.